The molecule has 2 N–H and O–H groups in total. The summed E-state index contributed by atoms with van der Waals surface area (Å²) in [6.45, 7) is 19.6. The van der Waals surface area contributed by atoms with Crippen molar-refractivity contribution >= 4 is 66.3 Å². The number of hydrogen-bond acceptors (Lipinski definition) is 16. The molecule has 0 bridgehead atoms. The first-order valence-corrected chi connectivity index (χ1v) is 15.5. The molecular formula is C30H47N9O13. The minimum Gasteiger partial charge on any atom is -0.443 e. The number of carbonyl (C=O) groups is 8. The molecule has 9 amide bonds. The molecule has 0 aliphatic carbocycles. The maximum Gasteiger partial charge on any atom is 0.439 e. The van der Waals surface area contributed by atoms with E-state index in [1.807, 2.05) is 0 Å². The highest BCUT2D eigenvalue weighted by Crippen LogP contribution is 2.19. The summed E-state index contributed by atoms with van der Waals surface area (Å²) in [5, 5.41) is 21.3. The molecule has 0 radical (unpaired) electrons. The Hall–Kier alpha value is -5.83. The normalized spacial score (nSPS) is 15.5. The average Bonchev–Trinajstić information content (AvgIpc) is 2.92. The lowest BCUT2D eigenvalue weighted by Gasteiger charge is -2.37. The van der Waals surface area contributed by atoms with E-state index in [1.54, 1.807) is 83.1 Å². The molecule has 0 aromatic heterocycles. The van der Waals surface area contributed by atoms with Crippen molar-refractivity contribution < 1.29 is 62.5 Å². The van der Waals surface area contributed by atoms with Crippen LogP contribution in [0.2, 0.25) is 0 Å². The number of hydrazone groups is 2. The van der Waals surface area contributed by atoms with E-state index in [2.05, 4.69) is 20.8 Å². The quantitative estimate of drug-likeness (QED) is 0.137. The number of ether oxygens (including phenoxy) is 4. The third-order valence-electron chi connectivity index (χ3n) is 5.11. The van der Waals surface area contributed by atoms with Crippen molar-refractivity contribution in [2.75, 3.05) is 13.1 Å². The second kappa shape index (κ2) is 16.9. The van der Waals surface area contributed by atoms with Gasteiger partial charge in [-0.25, -0.2) is 44.2 Å². The highest BCUT2D eigenvalue weighted by atomic mass is 16.6. The van der Waals surface area contributed by atoms with Crippen LogP contribution in [-0.4, -0.2) is 132 Å². The fourth-order valence-electron chi connectivity index (χ4n) is 3.48. The Morgan fingerprint density at radius 1 is 0.731 bits per heavy atom. The van der Waals surface area contributed by atoms with Crippen LogP contribution in [0.4, 0.5) is 28.8 Å². The second-order valence-corrected chi connectivity index (χ2v) is 14.8. The van der Waals surface area contributed by atoms with Gasteiger partial charge in [-0.05, 0) is 83.1 Å². The Labute approximate surface area is 300 Å². The molecule has 0 saturated heterocycles. The lowest BCUT2D eigenvalue weighted by atomic mass is 10.2. The van der Waals surface area contributed by atoms with Gasteiger partial charge in [0, 0.05) is 6.92 Å². The molecule has 0 spiro atoms. The topological polar surface area (TPSA) is 259 Å². The van der Waals surface area contributed by atoms with Crippen LogP contribution in [0.15, 0.2) is 15.4 Å². The average molecular weight is 742 g/mol. The number of urea groups is 2. The van der Waals surface area contributed by atoms with E-state index in [9.17, 15) is 38.4 Å². The fraction of sp³-hybridized carbons (Fsp3) is 0.633. The maximum atomic E-state index is 12.7. The number of oxime groups is 1. The summed E-state index contributed by atoms with van der Waals surface area (Å²) in [6.07, 6.45) is -3.02. The van der Waals surface area contributed by atoms with Gasteiger partial charge in [-0.15, -0.1) is 15.0 Å². The smallest absolute Gasteiger partial charge is 0.439 e. The molecular weight excluding hydrogens is 694 g/mol. The van der Waals surface area contributed by atoms with Gasteiger partial charge < -0.3 is 24.2 Å². The Bertz CT molecular complexity index is 1510. The molecule has 2 aliphatic heterocycles. The van der Waals surface area contributed by atoms with Gasteiger partial charge >= 0.3 is 36.4 Å². The number of nitrogens with one attached hydrogen (secondary N) is 1. The molecule has 22 heteroatoms. The van der Waals surface area contributed by atoms with Crippen LogP contribution in [0, 0.1) is 0 Å². The van der Waals surface area contributed by atoms with Crippen LogP contribution in [0.5, 0.6) is 0 Å². The summed E-state index contributed by atoms with van der Waals surface area (Å²) in [5.74, 6) is -0.853. The fourth-order valence-corrected chi connectivity index (χ4v) is 3.48. The molecule has 290 valence electrons. The van der Waals surface area contributed by atoms with Crippen molar-refractivity contribution in [3.63, 3.8) is 0 Å². The van der Waals surface area contributed by atoms with Crippen LogP contribution >= 0.6 is 0 Å². The Morgan fingerprint density at radius 2 is 1.17 bits per heavy atom. The molecule has 0 atom stereocenters. The van der Waals surface area contributed by atoms with E-state index >= 15 is 0 Å². The van der Waals surface area contributed by atoms with Gasteiger partial charge in [-0.3, -0.25) is 9.59 Å². The van der Waals surface area contributed by atoms with Crippen molar-refractivity contribution in [1.29, 1.82) is 0 Å². The molecule has 0 fully saturated rings. The highest BCUT2D eigenvalue weighted by molar-refractivity contribution is 6.32. The zero-order valence-electron chi connectivity index (χ0n) is 31.5. The van der Waals surface area contributed by atoms with E-state index in [4.69, 9.17) is 24.2 Å². The number of hydrogen-bond donors (Lipinski definition) is 2. The predicted octanol–water partition coefficient (Wildman–Crippen LogP) is 3.83. The van der Waals surface area contributed by atoms with Crippen LogP contribution in [0.1, 0.15) is 90.0 Å². The molecule has 0 saturated carbocycles. The molecule has 0 aromatic rings. The zero-order valence-corrected chi connectivity index (χ0v) is 31.5. The van der Waals surface area contributed by atoms with Crippen molar-refractivity contribution in [2.24, 2.45) is 15.4 Å². The molecule has 2 aliphatic rings. The Balaban J connectivity index is 0.000000522. The van der Waals surface area contributed by atoms with Gasteiger partial charge in [0.15, 0.2) is 6.29 Å². The summed E-state index contributed by atoms with van der Waals surface area (Å²) >= 11 is 0. The number of aldehydes is 1. The third-order valence-corrected chi connectivity index (χ3v) is 5.11. The van der Waals surface area contributed by atoms with Crippen LogP contribution < -0.4 is 5.43 Å². The second-order valence-electron chi connectivity index (χ2n) is 14.8. The largest absolute Gasteiger partial charge is 0.443 e. The summed E-state index contributed by atoms with van der Waals surface area (Å²) in [5.41, 5.74) is -1.56. The standard InChI is InChI=1S/C16H24N4O7.C14H23N5O6/c1-10(22)20(14(25)27-16(5,6)7)18-8-11(9-21)17-19(12(18)23)13(24)26-15(2,3)4;1-13(2,3)24-10(20)17-18-8-9(7-15-23)16-19(11(18)21)12(22)25-14(4,5)6/h9H,8H2,1-7H3;7,23H,8H2,1-6H3,(H,17,20)/b;15-7+. The molecule has 22 nitrogen and oxygen atoms in total. The zero-order chi connectivity index (χ0) is 40.6. The molecule has 0 unspecified atom stereocenters. The number of nitrogens with zero attached hydrogens (tertiary/aromatic N) is 8. The van der Waals surface area contributed by atoms with Crippen molar-refractivity contribution in [3.8, 4) is 0 Å². The third kappa shape index (κ3) is 14.6. The number of amides is 9. The highest BCUT2D eigenvalue weighted by Gasteiger charge is 2.42. The number of imide groups is 3. The van der Waals surface area contributed by atoms with Crippen molar-refractivity contribution in [2.45, 2.75) is 112 Å². The van der Waals surface area contributed by atoms with Crippen molar-refractivity contribution in [3.05, 3.63) is 0 Å². The Kier molecular flexibility index (Phi) is 14.4. The molecule has 52 heavy (non-hydrogen) atoms. The SMILES string of the molecule is CC(=O)N(C(=O)OC(C)(C)C)N1CC(C=O)=NN(C(=O)OC(C)(C)C)C1=O.CC(C)(C)OC(=O)NN1CC(/C=N/O)=NN(C(=O)OC(C)(C)C)C1=O. The van der Waals surface area contributed by atoms with Gasteiger partial charge in [0.1, 0.15) is 33.8 Å². The van der Waals surface area contributed by atoms with Gasteiger partial charge in [-0.2, -0.15) is 10.2 Å². The first-order valence-electron chi connectivity index (χ1n) is 15.5. The number of carbonyl (C=O) groups excluding carboxylic acids is 8. The molecule has 2 rings (SSSR count). The first-order chi connectivity index (χ1) is 23.5. The van der Waals surface area contributed by atoms with E-state index in [1.165, 1.54) is 0 Å². The van der Waals surface area contributed by atoms with Gasteiger partial charge in [0.2, 0.25) is 5.91 Å². The summed E-state index contributed by atoms with van der Waals surface area (Å²) < 4.78 is 20.3. The van der Waals surface area contributed by atoms with E-state index < -0.39 is 71.3 Å². The number of rotatable bonds is 4. The Morgan fingerprint density at radius 3 is 1.58 bits per heavy atom. The minimum atomic E-state index is -1.16. The monoisotopic (exact) mass is 741 g/mol. The van der Waals surface area contributed by atoms with E-state index in [0.717, 1.165) is 18.1 Å². The van der Waals surface area contributed by atoms with Crippen LogP contribution in [0.25, 0.3) is 0 Å². The summed E-state index contributed by atoms with van der Waals surface area (Å²) in [6, 6.07) is -2.09. The van der Waals surface area contributed by atoms with Crippen LogP contribution in [0.3, 0.4) is 0 Å². The summed E-state index contributed by atoms with van der Waals surface area (Å²) in [4.78, 5) is 96.8. The predicted molar refractivity (Wildman–Crippen MR) is 180 cm³/mol. The molecule has 0 aromatic carbocycles. The van der Waals surface area contributed by atoms with Gasteiger partial charge in [0.05, 0.1) is 19.3 Å². The van der Waals surface area contributed by atoms with E-state index in [-0.39, 0.29) is 23.0 Å². The van der Waals surface area contributed by atoms with Crippen LogP contribution in [-0.2, 0) is 28.5 Å². The van der Waals surface area contributed by atoms with Gasteiger partial charge in [-0.1, -0.05) is 5.16 Å². The van der Waals surface area contributed by atoms with E-state index in [0.29, 0.717) is 21.3 Å². The lowest BCUT2D eigenvalue weighted by molar-refractivity contribution is -0.140. The lowest BCUT2D eigenvalue weighted by Crippen LogP contribution is -2.61. The first kappa shape index (κ1) is 44.2. The molecule has 2 heterocycles. The minimum absolute atomic E-state index is 0.0315. The number of hydrazine groups is 2. The van der Waals surface area contributed by atoms with Gasteiger partial charge in [0.25, 0.3) is 0 Å². The summed E-state index contributed by atoms with van der Waals surface area (Å²) in [7, 11) is 0. The maximum absolute atomic E-state index is 12.7. The van der Waals surface area contributed by atoms with Crippen molar-refractivity contribution in [1.82, 2.24) is 30.5 Å².